The number of hydrogen-bond acceptors (Lipinski definition) is 2. The van der Waals surface area contributed by atoms with Crippen LogP contribution in [0.15, 0.2) is 36.4 Å². The molecule has 2 aromatic rings. The molecule has 0 atom stereocenters. The molecule has 6 heteroatoms. The molecule has 0 aliphatic carbocycles. The molecular formula is C18H18F4N2. The molecule has 0 unspecified atom stereocenters. The van der Waals surface area contributed by atoms with Crippen LogP contribution in [0.2, 0.25) is 0 Å². The van der Waals surface area contributed by atoms with Crippen LogP contribution < -0.4 is 0 Å². The van der Waals surface area contributed by atoms with Crippen molar-refractivity contribution in [2.75, 3.05) is 26.2 Å². The lowest BCUT2D eigenvalue weighted by Crippen LogP contribution is -2.45. The highest BCUT2D eigenvalue weighted by atomic mass is 19.2. The molecule has 0 radical (unpaired) electrons. The second kappa shape index (κ2) is 7.32. The van der Waals surface area contributed by atoms with Crippen molar-refractivity contribution in [1.29, 1.82) is 0 Å². The van der Waals surface area contributed by atoms with Crippen LogP contribution >= 0.6 is 0 Å². The van der Waals surface area contributed by atoms with Crippen LogP contribution in [0.5, 0.6) is 0 Å². The summed E-state index contributed by atoms with van der Waals surface area (Å²) in [5, 5.41) is 0. The van der Waals surface area contributed by atoms with Gasteiger partial charge in [0.2, 0.25) is 0 Å². The van der Waals surface area contributed by atoms with Crippen LogP contribution in [0.1, 0.15) is 11.1 Å². The average molecular weight is 338 g/mol. The van der Waals surface area contributed by atoms with Gasteiger partial charge in [0.1, 0.15) is 0 Å². The Balaban J connectivity index is 1.56. The number of rotatable bonds is 4. The molecular weight excluding hydrogens is 320 g/mol. The summed E-state index contributed by atoms with van der Waals surface area (Å²) < 4.78 is 53.9. The Morgan fingerprint density at radius 1 is 0.625 bits per heavy atom. The average Bonchev–Trinajstić information content (AvgIpc) is 2.58. The quantitative estimate of drug-likeness (QED) is 0.787. The summed E-state index contributed by atoms with van der Waals surface area (Å²) in [6.45, 7) is 3.32. The maximum atomic E-state index is 13.7. The van der Waals surface area contributed by atoms with Crippen LogP contribution in [-0.2, 0) is 13.1 Å². The van der Waals surface area contributed by atoms with Crippen LogP contribution in [0, 0.1) is 23.3 Å². The molecule has 24 heavy (non-hydrogen) atoms. The highest BCUT2D eigenvalue weighted by Gasteiger charge is 2.20. The zero-order chi connectivity index (χ0) is 17.1. The van der Waals surface area contributed by atoms with Gasteiger partial charge in [-0.05, 0) is 12.1 Å². The third-order valence-electron chi connectivity index (χ3n) is 4.32. The van der Waals surface area contributed by atoms with E-state index in [1.165, 1.54) is 12.1 Å². The topological polar surface area (TPSA) is 6.48 Å². The molecule has 0 N–H and O–H groups in total. The molecule has 0 aromatic heterocycles. The zero-order valence-corrected chi connectivity index (χ0v) is 13.1. The van der Waals surface area contributed by atoms with Crippen LogP contribution in [0.25, 0.3) is 0 Å². The third kappa shape index (κ3) is 3.76. The lowest BCUT2D eigenvalue weighted by molar-refractivity contribution is 0.119. The van der Waals surface area contributed by atoms with E-state index >= 15 is 0 Å². The van der Waals surface area contributed by atoms with Crippen molar-refractivity contribution in [2.45, 2.75) is 13.1 Å². The van der Waals surface area contributed by atoms with E-state index in [1.54, 1.807) is 12.1 Å². The molecule has 0 saturated carbocycles. The van der Waals surface area contributed by atoms with Crippen molar-refractivity contribution < 1.29 is 17.6 Å². The first kappa shape index (κ1) is 16.9. The fourth-order valence-corrected chi connectivity index (χ4v) is 2.93. The van der Waals surface area contributed by atoms with Gasteiger partial charge in [0.05, 0.1) is 0 Å². The number of nitrogens with zero attached hydrogens (tertiary/aromatic N) is 2. The van der Waals surface area contributed by atoms with E-state index in [9.17, 15) is 17.6 Å². The van der Waals surface area contributed by atoms with Gasteiger partial charge in [-0.2, -0.15) is 0 Å². The van der Waals surface area contributed by atoms with Gasteiger partial charge in [0, 0.05) is 50.4 Å². The Hall–Kier alpha value is -1.92. The molecule has 0 bridgehead atoms. The van der Waals surface area contributed by atoms with E-state index in [1.807, 2.05) is 9.80 Å². The monoisotopic (exact) mass is 338 g/mol. The van der Waals surface area contributed by atoms with Crippen molar-refractivity contribution in [1.82, 2.24) is 9.80 Å². The maximum absolute atomic E-state index is 13.7. The number of piperazine rings is 1. The summed E-state index contributed by atoms with van der Waals surface area (Å²) in [6, 6.07) is 8.35. The van der Waals surface area contributed by atoms with Crippen LogP contribution in [-0.4, -0.2) is 36.0 Å². The summed E-state index contributed by atoms with van der Waals surface area (Å²) in [5.74, 6) is -3.29. The molecule has 1 fully saturated rings. The Morgan fingerprint density at radius 3 is 1.38 bits per heavy atom. The standard InChI is InChI=1S/C18H18F4N2/c19-15-5-1-3-13(17(15)21)11-23-7-9-24(10-8-23)12-14-4-2-6-16(20)18(14)22/h1-6H,7-12H2. The lowest BCUT2D eigenvalue weighted by atomic mass is 10.1. The fraction of sp³-hybridized carbons (Fsp3) is 0.333. The molecule has 0 amide bonds. The summed E-state index contributed by atoms with van der Waals surface area (Å²) in [7, 11) is 0. The maximum Gasteiger partial charge on any atom is 0.163 e. The molecule has 2 nitrogen and oxygen atoms in total. The SMILES string of the molecule is Fc1cccc(CN2CCN(Cc3cccc(F)c3F)CC2)c1F. The predicted octanol–water partition coefficient (Wildman–Crippen LogP) is 3.56. The van der Waals surface area contributed by atoms with Crippen LogP contribution in [0.4, 0.5) is 17.6 Å². The van der Waals surface area contributed by atoms with Crippen molar-refractivity contribution >= 4 is 0 Å². The van der Waals surface area contributed by atoms with Gasteiger partial charge in [0.15, 0.2) is 23.3 Å². The number of benzene rings is 2. The lowest BCUT2D eigenvalue weighted by Gasteiger charge is -2.34. The fourth-order valence-electron chi connectivity index (χ4n) is 2.93. The van der Waals surface area contributed by atoms with Gasteiger partial charge < -0.3 is 0 Å². The molecule has 128 valence electrons. The molecule has 1 saturated heterocycles. The molecule has 1 aliphatic heterocycles. The van der Waals surface area contributed by atoms with E-state index in [4.69, 9.17) is 0 Å². The Labute approximate surface area is 138 Å². The number of halogens is 4. The van der Waals surface area contributed by atoms with E-state index in [0.717, 1.165) is 12.1 Å². The van der Waals surface area contributed by atoms with Gasteiger partial charge in [-0.25, -0.2) is 17.6 Å². The first-order valence-corrected chi connectivity index (χ1v) is 7.85. The highest BCUT2D eigenvalue weighted by molar-refractivity contribution is 5.20. The Kier molecular flexibility index (Phi) is 5.16. The van der Waals surface area contributed by atoms with Gasteiger partial charge >= 0.3 is 0 Å². The van der Waals surface area contributed by atoms with Gasteiger partial charge in [-0.15, -0.1) is 0 Å². The summed E-state index contributed by atoms with van der Waals surface area (Å²) in [6.07, 6.45) is 0. The molecule has 2 aromatic carbocycles. The Bertz CT molecular complexity index is 651. The zero-order valence-electron chi connectivity index (χ0n) is 13.1. The summed E-state index contributed by atoms with van der Waals surface area (Å²) in [4.78, 5) is 4.05. The van der Waals surface area contributed by atoms with Crippen molar-refractivity contribution in [3.05, 3.63) is 70.8 Å². The minimum atomic E-state index is -0.840. The molecule has 1 heterocycles. The summed E-state index contributed by atoms with van der Waals surface area (Å²) >= 11 is 0. The highest BCUT2D eigenvalue weighted by Crippen LogP contribution is 2.17. The van der Waals surface area contributed by atoms with Crippen molar-refractivity contribution in [3.8, 4) is 0 Å². The van der Waals surface area contributed by atoms with E-state index in [0.29, 0.717) is 50.4 Å². The van der Waals surface area contributed by atoms with E-state index in [2.05, 4.69) is 0 Å². The number of hydrogen-bond donors (Lipinski definition) is 0. The minimum absolute atomic E-state index is 0.333. The van der Waals surface area contributed by atoms with Gasteiger partial charge in [0.25, 0.3) is 0 Å². The molecule has 1 aliphatic rings. The first-order chi connectivity index (χ1) is 11.5. The van der Waals surface area contributed by atoms with Gasteiger partial charge in [-0.3, -0.25) is 9.80 Å². The normalized spacial score (nSPS) is 16.5. The minimum Gasteiger partial charge on any atom is -0.296 e. The molecule has 0 spiro atoms. The first-order valence-electron chi connectivity index (χ1n) is 7.85. The second-order valence-corrected chi connectivity index (χ2v) is 5.98. The summed E-state index contributed by atoms with van der Waals surface area (Å²) in [5.41, 5.74) is 0.666. The Morgan fingerprint density at radius 2 is 1.00 bits per heavy atom. The molecule has 3 rings (SSSR count). The van der Waals surface area contributed by atoms with Gasteiger partial charge in [-0.1, -0.05) is 24.3 Å². The van der Waals surface area contributed by atoms with Crippen molar-refractivity contribution in [2.24, 2.45) is 0 Å². The predicted molar refractivity (Wildman–Crippen MR) is 83.3 cm³/mol. The van der Waals surface area contributed by atoms with Crippen molar-refractivity contribution in [3.63, 3.8) is 0 Å². The second-order valence-electron chi connectivity index (χ2n) is 5.98. The van der Waals surface area contributed by atoms with E-state index < -0.39 is 23.3 Å². The largest absolute Gasteiger partial charge is 0.296 e. The smallest absolute Gasteiger partial charge is 0.163 e. The van der Waals surface area contributed by atoms with E-state index in [-0.39, 0.29) is 0 Å². The van der Waals surface area contributed by atoms with Crippen LogP contribution in [0.3, 0.4) is 0 Å². The third-order valence-corrected chi connectivity index (χ3v) is 4.32.